The van der Waals surface area contributed by atoms with Crippen LogP contribution in [0.1, 0.15) is 5.56 Å². The van der Waals surface area contributed by atoms with Crippen LogP contribution in [-0.2, 0) is 0 Å². The first kappa shape index (κ1) is 42.6. The van der Waals surface area contributed by atoms with Gasteiger partial charge in [0.25, 0.3) is 0 Å². The van der Waals surface area contributed by atoms with Crippen LogP contribution in [0.15, 0.2) is 243 Å². The smallest absolute Gasteiger partial charge is 0.194 e. The van der Waals surface area contributed by atoms with Crippen molar-refractivity contribution in [3.8, 4) is 73.2 Å². The second kappa shape index (κ2) is 17.3. The highest BCUT2D eigenvalue weighted by Gasteiger charge is 2.21. The first-order valence-corrected chi connectivity index (χ1v) is 24.8. The second-order valence-electron chi connectivity index (χ2n) is 19.0. The van der Waals surface area contributed by atoms with Crippen LogP contribution in [0.4, 0.5) is 5.69 Å². The molecular weight excluding hydrogens is 897 g/mol. The number of nitriles is 1. The summed E-state index contributed by atoms with van der Waals surface area (Å²) in [5.41, 5.74) is 12.5. The first-order valence-electron chi connectivity index (χ1n) is 24.8. The molecule has 0 aliphatic heterocycles. The average Bonchev–Trinajstić information content (AvgIpc) is 3.48. The molecule has 4 heteroatoms. The molecule has 0 fully saturated rings. The molecule has 0 bridgehead atoms. The molecule has 0 aliphatic rings. The minimum Gasteiger partial charge on any atom is -0.238 e. The molecule has 0 N–H and O–H groups in total. The Morgan fingerprint density at radius 1 is 0.311 bits per heavy atom. The Hall–Kier alpha value is -10.3. The third-order valence-corrected chi connectivity index (χ3v) is 14.9. The van der Waals surface area contributed by atoms with Gasteiger partial charge in [0.05, 0.1) is 29.4 Å². The molecule has 1 heterocycles. The number of rotatable bonds is 6. The molecule has 0 saturated carbocycles. The lowest BCUT2D eigenvalue weighted by molar-refractivity contribution is 1.23. The Bertz CT molecular complexity index is 4660. The van der Waals surface area contributed by atoms with E-state index in [2.05, 4.69) is 205 Å². The summed E-state index contributed by atoms with van der Waals surface area (Å²) in [4.78, 5) is 14.9. The van der Waals surface area contributed by atoms with E-state index in [9.17, 15) is 5.26 Å². The minimum atomic E-state index is 0.588. The van der Waals surface area contributed by atoms with Gasteiger partial charge in [0.15, 0.2) is 11.5 Å². The third-order valence-electron chi connectivity index (χ3n) is 14.9. The monoisotopic (exact) mass is 936 g/mol. The Labute approximate surface area is 427 Å². The fraction of sp³-hybridized carbons (Fsp3) is 0. The molecule has 74 heavy (non-hydrogen) atoms. The lowest BCUT2D eigenvalue weighted by atomic mass is 9.88. The molecule has 0 saturated heterocycles. The SMILES string of the molecule is [C-]#[N+]c1ccccc1-c1ccc(-c2nc(-c3ccc(-c4ccccc4C#N)cc3)nc3c(-c4ccc5c6ccccc6c6ccccc6c5c4)cc(-c4ccc5c6ccccc6c6ccccc6c5c4)cc23)cc1. The Morgan fingerprint density at radius 3 is 1.27 bits per heavy atom. The van der Waals surface area contributed by atoms with E-state index in [0.717, 1.165) is 72.2 Å². The molecular formula is C70H40N4. The standard InChI is InChI=1S/C70H40N4/c1-72-67-25-13-12-16-52(67)44-26-30-45(31-27-44)68-66-41-50(47-34-36-61-57-21-6-4-17-53(57)55-19-8-10-23-59(55)64(61)38-47)40-63(48-35-37-62-58-22-7-5-18-54(58)56-20-9-11-24-60(56)65(62)39-48)69(66)74-70(73-68)46-32-28-43(29-33-46)51-15-3-2-14-49(51)42-71/h2-41H. The van der Waals surface area contributed by atoms with Crippen molar-refractivity contribution < 1.29 is 0 Å². The number of hydrogen-bond donors (Lipinski definition) is 0. The Balaban J connectivity index is 1.06. The highest BCUT2D eigenvalue weighted by Crippen LogP contribution is 2.44. The topological polar surface area (TPSA) is 53.9 Å². The van der Waals surface area contributed by atoms with Crippen molar-refractivity contribution in [3.63, 3.8) is 0 Å². The quantitative estimate of drug-likeness (QED) is 0.123. The number of aromatic nitrogens is 2. The summed E-state index contributed by atoms with van der Waals surface area (Å²) in [6.07, 6.45) is 0. The Morgan fingerprint density at radius 2 is 0.716 bits per heavy atom. The van der Waals surface area contributed by atoms with Gasteiger partial charge in [0.2, 0.25) is 0 Å². The zero-order valence-electron chi connectivity index (χ0n) is 39.9. The van der Waals surface area contributed by atoms with E-state index >= 15 is 0 Å². The molecule has 0 unspecified atom stereocenters. The van der Waals surface area contributed by atoms with Crippen molar-refractivity contribution in [3.05, 3.63) is 260 Å². The van der Waals surface area contributed by atoms with Gasteiger partial charge < -0.3 is 0 Å². The van der Waals surface area contributed by atoms with Crippen LogP contribution in [-0.4, -0.2) is 9.97 Å². The van der Waals surface area contributed by atoms with Crippen molar-refractivity contribution in [1.82, 2.24) is 9.97 Å². The molecule has 0 spiro atoms. The van der Waals surface area contributed by atoms with E-state index in [1.54, 1.807) is 0 Å². The van der Waals surface area contributed by atoms with Crippen molar-refractivity contribution in [2.45, 2.75) is 0 Å². The summed E-state index contributed by atoms with van der Waals surface area (Å²) in [5, 5.41) is 25.5. The lowest BCUT2D eigenvalue weighted by Gasteiger charge is -2.17. The largest absolute Gasteiger partial charge is 0.238 e. The molecule has 1 aromatic heterocycles. The van der Waals surface area contributed by atoms with E-state index in [-0.39, 0.29) is 0 Å². The van der Waals surface area contributed by atoms with Crippen LogP contribution < -0.4 is 0 Å². The Kier molecular flexibility index (Phi) is 9.93. The number of fused-ring (bicyclic) bond motifs is 13. The molecule has 14 aromatic rings. The molecule has 14 rings (SSSR count). The minimum absolute atomic E-state index is 0.588. The van der Waals surface area contributed by atoms with Gasteiger partial charge in [-0.15, -0.1) is 0 Å². The maximum Gasteiger partial charge on any atom is 0.194 e. The lowest BCUT2D eigenvalue weighted by Crippen LogP contribution is -1.98. The van der Waals surface area contributed by atoms with E-state index in [4.69, 9.17) is 16.5 Å². The molecule has 4 nitrogen and oxygen atoms in total. The molecule has 0 amide bonds. The number of benzene rings is 13. The van der Waals surface area contributed by atoms with Gasteiger partial charge in [-0.25, -0.2) is 14.8 Å². The van der Waals surface area contributed by atoms with Gasteiger partial charge >= 0.3 is 0 Å². The normalized spacial score (nSPS) is 11.5. The average molecular weight is 937 g/mol. The van der Waals surface area contributed by atoms with Crippen molar-refractivity contribution in [2.75, 3.05) is 0 Å². The second-order valence-corrected chi connectivity index (χ2v) is 19.0. The van der Waals surface area contributed by atoms with E-state index in [1.807, 2.05) is 48.5 Å². The van der Waals surface area contributed by atoms with E-state index in [1.165, 1.54) is 64.6 Å². The summed E-state index contributed by atoms with van der Waals surface area (Å²) >= 11 is 0. The molecule has 340 valence electrons. The molecule has 0 aliphatic carbocycles. The van der Waals surface area contributed by atoms with Gasteiger partial charge in [0, 0.05) is 22.1 Å². The number of hydrogen-bond acceptors (Lipinski definition) is 3. The van der Waals surface area contributed by atoms with Crippen LogP contribution in [0.25, 0.3) is 148 Å². The highest BCUT2D eigenvalue weighted by molar-refractivity contribution is 6.27. The van der Waals surface area contributed by atoms with Gasteiger partial charge in [-0.1, -0.05) is 212 Å². The van der Waals surface area contributed by atoms with E-state index < -0.39 is 0 Å². The van der Waals surface area contributed by atoms with Crippen molar-refractivity contribution in [2.24, 2.45) is 0 Å². The van der Waals surface area contributed by atoms with E-state index in [0.29, 0.717) is 17.1 Å². The van der Waals surface area contributed by atoms with Crippen LogP contribution >= 0.6 is 0 Å². The summed E-state index contributed by atoms with van der Waals surface area (Å²) in [6, 6.07) is 87.7. The van der Waals surface area contributed by atoms with Crippen molar-refractivity contribution >= 4 is 81.2 Å². The zero-order valence-corrected chi connectivity index (χ0v) is 39.9. The third kappa shape index (κ3) is 6.90. The summed E-state index contributed by atoms with van der Waals surface area (Å²) in [6.45, 7) is 7.90. The van der Waals surface area contributed by atoms with Gasteiger partial charge in [0.1, 0.15) is 0 Å². The van der Waals surface area contributed by atoms with Crippen LogP contribution in [0, 0.1) is 17.9 Å². The fourth-order valence-corrected chi connectivity index (χ4v) is 11.4. The molecule has 0 radical (unpaired) electrons. The van der Waals surface area contributed by atoms with Gasteiger partial charge in [-0.05, 0) is 134 Å². The summed E-state index contributed by atoms with van der Waals surface area (Å²) in [5.74, 6) is 0.588. The fourth-order valence-electron chi connectivity index (χ4n) is 11.4. The summed E-state index contributed by atoms with van der Waals surface area (Å²) < 4.78 is 0. The van der Waals surface area contributed by atoms with Crippen LogP contribution in [0.3, 0.4) is 0 Å². The maximum atomic E-state index is 9.97. The van der Waals surface area contributed by atoms with Gasteiger partial charge in [-0.2, -0.15) is 5.26 Å². The predicted octanol–water partition coefficient (Wildman–Crippen LogP) is 19.0. The van der Waals surface area contributed by atoms with Gasteiger partial charge in [-0.3, -0.25) is 0 Å². The van der Waals surface area contributed by atoms with Crippen molar-refractivity contribution in [1.29, 1.82) is 5.26 Å². The maximum absolute atomic E-state index is 9.97. The predicted molar refractivity (Wildman–Crippen MR) is 308 cm³/mol. The number of nitrogens with zero attached hydrogens (tertiary/aromatic N) is 4. The number of para-hydroxylation sites is 1. The van der Waals surface area contributed by atoms with Crippen LogP contribution in [0.2, 0.25) is 0 Å². The molecule has 13 aromatic carbocycles. The molecule has 0 atom stereocenters. The summed E-state index contributed by atoms with van der Waals surface area (Å²) in [7, 11) is 0. The zero-order chi connectivity index (χ0) is 49.3. The first-order chi connectivity index (χ1) is 36.6. The highest BCUT2D eigenvalue weighted by atomic mass is 14.9. The van der Waals surface area contributed by atoms with Crippen LogP contribution in [0.5, 0.6) is 0 Å².